The van der Waals surface area contributed by atoms with E-state index < -0.39 is 0 Å². The summed E-state index contributed by atoms with van der Waals surface area (Å²) < 4.78 is 5.79. The van der Waals surface area contributed by atoms with Crippen LogP contribution in [0.15, 0.2) is 60.8 Å². The first-order chi connectivity index (χ1) is 16.5. The standard InChI is InChI=1S/C25H31N7O2/c1-32(15-11-26,18-24(27)33)22-8-2-19(3-9-22)23-10-12-28-25(30-23)29-20-4-6-21(7-5-20)31-13-16-34-17-14-31/h2-10,12H,11,13-18,26H2,1H3,(H2-,27,28,29,30,33)/p+1. The van der Waals surface area contributed by atoms with Crippen molar-refractivity contribution < 1.29 is 9.53 Å². The van der Waals surface area contributed by atoms with Gasteiger partial charge in [-0.15, -0.1) is 0 Å². The van der Waals surface area contributed by atoms with Crippen LogP contribution < -0.4 is 26.2 Å². The SMILES string of the molecule is C[N+](CCN)(CC(N)=O)c1ccc(-c2ccnc(Nc3ccc(N4CCOCC4)cc3)n2)cc1. The predicted octanol–water partition coefficient (Wildman–Crippen LogP) is 2.10. The second-order valence-electron chi connectivity index (χ2n) is 8.62. The lowest BCUT2D eigenvalue weighted by atomic mass is 10.1. The molecule has 3 aromatic rings. The molecule has 0 aliphatic carbocycles. The summed E-state index contributed by atoms with van der Waals surface area (Å²) in [7, 11) is 1.96. The Morgan fingerprint density at radius 2 is 1.79 bits per heavy atom. The minimum absolute atomic E-state index is 0.197. The minimum atomic E-state index is -0.357. The number of rotatable bonds is 9. The topological polar surface area (TPSA) is 119 Å². The molecule has 2 heterocycles. The van der Waals surface area contributed by atoms with Crippen LogP contribution in [0.2, 0.25) is 0 Å². The molecule has 0 bridgehead atoms. The van der Waals surface area contributed by atoms with Crippen LogP contribution in [0.25, 0.3) is 11.3 Å². The molecule has 5 N–H and O–H groups in total. The number of amides is 1. The molecule has 1 unspecified atom stereocenters. The van der Waals surface area contributed by atoms with Crippen molar-refractivity contribution >= 4 is 28.9 Å². The van der Waals surface area contributed by atoms with Gasteiger partial charge in [-0.3, -0.25) is 9.28 Å². The number of nitrogens with one attached hydrogen (secondary N) is 1. The van der Waals surface area contributed by atoms with E-state index in [4.69, 9.17) is 16.2 Å². The van der Waals surface area contributed by atoms with Gasteiger partial charge < -0.3 is 26.4 Å². The van der Waals surface area contributed by atoms with Gasteiger partial charge in [0.15, 0.2) is 6.54 Å². The van der Waals surface area contributed by atoms with Crippen LogP contribution in [0, 0.1) is 0 Å². The maximum Gasteiger partial charge on any atom is 0.273 e. The van der Waals surface area contributed by atoms with E-state index in [-0.39, 0.29) is 12.5 Å². The lowest BCUT2D eigenvalue weighted by Crippen LogP contribution is -2.53. The van der Waals surface area contributed by atoms with Crippen LogP contribution in [0.4, 0.5) is 23.0 Å². The van der Waals surface area contributed by atoms with Crippen molar-refractivity contribution in [3.8, 4) is 11.3 Å². The van der Waals surface area contributed by atoms with Crippen LogP contribution in [0.1, 0.15) is 0 Å². The molecule has 0 spiro atoms. The van der Waals surface area contributed by atoms with Crippen molar-refractivity contribution in [2.75, 3.05) is 63.2 Å². The quantitative estimate of drug-likeness (QED) is 0.417. The molecule has 1 amide bonds. The molecule has 0 radical (unpaired) electrons. The minimum Gasteiger partial charge on any atom is -0.378 e. The Morgan fingerprint density at radius 3 is 2.44 bits per heavy atom. The van der Waals surface area contributed by atoms with Crippen LogP contribution in [-0.2, 0) is 9.53 Å². The zero-order valence-electron chi connectivity index (χ0n) is 19.5. The number of aromatic nitrogens is 2. The second kappa shape index (κ2) is 10.6. The Bertz CT molecular complexity index is 1100. The molecular weight excluding hydrogens is 430 g/mol. The highest BCUT2D eigenvalue weighted by molar-refractivity contribution is 5.78. The molecule has 1 saturated heterocycles. The summed E-state index contributed by atoms with van der Waals surface area (Å²) in [6.45, 7) is 4.61. The van der Waals surface area contributed by atoms with E-state index in [0.717, 1.165) is 48.9 Å². The summed E-state index contributed by atoms with van der Waals surface area (Å²) in [5, 5.41) is 3.28. The smallest absolute Gasteiger partial charge is 0.273 e. The summed E-state index contributed by atoms with van der Waals surface area (Å²) in [6, 6.07) is 18.1. The molecule has 1 fully saturated rings. The van der Waals surface area contributed by atoms with Crippen molar-refractivity contribution in [1.82, 2.24) is 14.5 Å². The Hall–Kier alpha value is -3.53. The van der Waals surface area contributed by atoms with Crippen molar-refractivity contribution in [3.05, 3.63) is 60.8 Å². The first-order valence-corrected chi connectivity index (χ1v) is 11.4. The van der Waals surface area contributed by atoms with E-state index >= 15 is 0 Å². The highest BCUT2D eigenvalue weighted by Gasteiger charge is 2.26. The Morgan fingerprint density at radius 1 is 1.09 bits per heavy atom. The van der Waals surface area contributed by atoms with E-state index in [2.05, 4.69) is 32.3 Å². The average molecular weight is 463 g/mol. The van der Waals surface area contributed by atoms with Crippen molar-refractivity contribution in [2.24, 2.45) is 11.5 Å². The normalized spacial score (nSPS) is 15.5. The molecular formula is C25H32N7O2+. The Balaban J connectivity index is 1.47. The number of ether oxygens (including phenoxy) is 1. The number of carbonyl (C=O) groups is 1. The molecule has 1 aliphatic rings. The predicted molar refractivity (Wildman–Crippen MR) is 136 cm³/mol. The Kier molecular flexibility index (Phi) is 7.36. The van der Waals surface area contributed by atoms with Crippen LogP contribution in [0.3, 0.4) is 0 Å². The fourth-order valence-electron chi connectivity index (χ4n) is 4.21. The molecule has 0 saturated carbocycles. The van der Waals surface area contributed by atoms with Gasteiger partial charge in [0.25, 0.3) is 5.91 Å². The van der Waals surface area contributed by atoms with E-state index in [0.29, 0.717) is 23.5 Å². The Labute approximate surface area is 199 Å². The molecule has 1 atom stereocenters. The van der Waals surface area contributed by atoms with Crippen LogP contribution in [0.5, 0.6) is 0 Å². The molecule has 1 aliphatic heterocycles. The molecule has 1 aromatic heterocycles. The number of anilines is 3. The highest BCUT2D eigenvalue weighted by atomic mass is 16.5. The number of nitrogens with zero attached hydrogens (tertiary/aromatic N) is 4. The molecule has 9 nitrogen and oxygen atoms in total. The first-order valence-electron chi connectivity index (χ1n) is 11.4. The number of primary amides is 1. The summed E-state index contributed by atoms with van der Waals surface area (Å²) in [5.41, 5.74) is 16.1. The number of hydrogen-bond acceptors (Lipinski definition) is 7. The van der Waals surface area contributed by atoms with Crippen LogP contribution in [-0.4, -0.2) is 68.9 Å². The lowest BCUT2D eigenvalue weighted by Gasteiger charge is -2.32. The van der Waals surface area contributed by atoms with Crippen LogP contribution >= 0.6 is 0 Å². The van der Waals surface area contributed by atoms with Gasteiger partial charge in [-0.05, 0) is 54.6 Å². The largest absolute Gasteiger partial charge is 0.378 e. The summed E-state index contributed by atoms with van der Waals surface area (Å²) in [6.07, 6.45) is 1.74. The lowest BCUT2D eigenvalue weighted by molar-refractivity contribution is -0.118. The van der Waals surface area contributed by atoms with Gasteiger partial charge in [-0.1, -0.05) is 0 Å². The summed E-state index contributed by atoms with van der Waals surface area (Å²) in [4.78, 5) is 22.9. The van der Waals surface area contributed by atoms with Gasteiger partial charge in [0.1, 0.15) is 5.69 Å². The van der Waals surface area contributed by atoms with Crippen molar-refractivity contribution in [3.63, 3.8) is 0 Å². The van der Waals surface area contributed by atoms with Crippen molar-refractivity contribution in [1.29, 1.82) is 0 Å². The highest BCUT2D eigenvalue weighted by Crippen LogP contribution is 2.26. The zero-order valence-corrected chi connectivity index (χ0v) is 19.5. The fraction of sp³-hybridized carbons (Fsp3) is 0.320. The van der Waals surface area contributed by atoms with Gasteiger partial charge in [-0.2, -0.15) is 0 Å². The number of nitrogens with two attached hydrogens (primary N) is 2. The third-order valence-corrected chi connectivity index (χ3v) is 6.07. The second-order valence-corrected chi connectivity index (χ2v) is 8.62. The van der Waals surface area contributed by atoms with Gasteiger partial charge in [0.2, 0.25) is 5.95 Å². The zero-order chi connectivity index (χ0) is 24.0. The van der Waals surface area contributed by atoms with E-state index in [1.807, 2.05) is 49.5 Å². The summed E-state index contributed by atoms with van der Waals surface area (Å²) >= 11 is 0. The number of carbonyl (C=O) groups excluding carboxylic acids is 1. The molecule has 4 rings (SSSR count). The third-order valence-electron chi connectivity index (χ3n) is 6.07. The molecule has 34 heavy (non-hydrogen) atoms. The molecule has 9 heteroatoms. The maximum absolute atomic E-state index is 11.6. The van der Waals surface area contributed by atoms with E-state index in [1.54, 1.807) is 6.20 Å². The van der Waals surface area contributed by atoms with Gasteiger partial charge >= 0.3 is 0 Å². The maximum atomic E-state index is 11.6. The molecule has 2 aromatic carbocycles. The number of likely N-dealkylation sites (N-methyl/N-ethyl adjacent to an activating group) is 1. The van der Waals surface area contributed by atoms with Gasteiger partial charge in [-0.25, -0.2) is 9.97 Å². The molecule has 178 valence electrons. The number of benzene rings is 2. The first kappa shape index (κ1) is 23.6. The fourth-order valence-corrected chi connectivity index (χ4v) is 4.21. The number of quaternary nitrogens is 1. The number of morpholine rings is 1. The van der Waals surface area contributed by atoms with Gasteiger partial charge in [0.05, 0.1) is 32.5 Å². The monoisotopic (exact) mass is 462 g/mol. The van der Waals surface area contributed by atoms with E-state index in [1.165, 1.54) is 5.69 Å². The van der Waals surface area contributed by atoms with Gasteiger partial charge in [0, 0.05) is 42.8 Å². The number of hydrogen-bond donors (Lipinski definition) is 3. The van der Waals surface area contributed by atoms with E-state index in [9.17, 15) is 4.79 Å². The van der Waals surface area contributed by atoms with Crippen molar-refractivity contribution in [2.45, 2.75) is 0 Å². The summed E-state index contributed by atoms with van der Waals surface area (Å²) in [5.74, 6) is 0.169. The average Bonchev–Trinajstić information content (AvgIpc) is 2.85. The third kappa shape index (κ3) is 5.69.